The first-order valence-electron chi connectivity index (χ1n) is 5.35. The summed E-state index contributed by atoms with van der Waals surface area (Å²) in [6, 6.07) is 9.27. The number of rotatable bonds is 4. The van der Waals surface area contributed by atoms with Crippen molar-refractivity contribution in [3.63, 3.8) is 0 Å². The fraction of sp³-hybridized carbons (Fsp3) is 0.0833. The number of halogens is 1. The summed E-state index contributed by atoms with van der Waals surface area (Å²) >= 11 is 0. The van der Waals surface area contributed by atoms with Gasteiger partial charge in [0.2, 0.25) is 0 Å². The molecule has 0 unspecified atom stereocenters. The molecule has 92 valence electrons. The summed E-state index contributed by atoms with van der Waals surface area (Å²) in [5.74, 6) is -0.411. The Hall–Kier alpha value is -1.92. The summed E-state index contributed by atoms with van der Waals surface area (Å²) in [6.45, 7) is 0.224. The molecule has 1 heterocycles. The van der Waals surface area contributed by atoms with E-state index in [1.807, 2.05) is 6.07 Å². The molecule has 2 aromatic rings. The van der Waals surface area contributed by atoms with Gasteiger partial charge < -0.3 is 14.8 Å². The topological polar surface area (TPSA) is 62.6 Å². The first-order valence-corrected chi connectivity index (χ1v) is 5.35. The van der Waals surface area contributed by atoms with E-state index in [-0.39, 0.29) is 12.1 Å². The van der Waals surface area contributed by atoms with Crippen LogP contribution in [0, 0.1) is 5.82 Å². The molecule has 0 saturated heterocycles. The molecular weight excluding hydrogens is 236 g/mol. The molecule has 1 aromatic carbocycles. The van der Waals surface area contributed by atoms with Crippen LogP contribution in [-0.4, -0.2) is 22.2 Å². The third kappa shape index (κ3) is 3.06. The Labute approximate surface area is 104 Å². The van der Waals surface area contributed by atoms with Crippen molar-refractivity contribution in [3.05, 3.63) is 54.1 Å². The number of pyridine rings is 1. The van der Waals surface area contributed by atoms with Gasteiger partial charge in [-0.25, -0.2) is 4.39 Å². The van der Waals surface area contributed by atoms with Crippen LogP contribution in [0.25, 0.3) is 0 Å². The molecule has 0 aliphatic heterocycles. The number of hydrogen-bond acceptors (Lipinski definition) is 4. The molecule has 2 rings (SSSR count). The van der Waals surface area contributed by atoms with Crippen LogP contribution in [-0.2, 0) is 6.61 Å². The van der Waals surface area contributed by atoms with Crippen molar-refractivity contribution in [1.29, 1.82) is 0 Å². The van der Waals surface area contributed by atoms with Crippen LogP contribution < -0.4 is 10.2 Å². The molecule has 0 amide bonds. The average molecular weight is 247 g/mol. The van der Waals surface area contributed by atoms with Gasteiger partial charge in [-0.1, -0.05) is 12.1 Å². The van der Waals surface area contributed by atoms with Gasteiger partial charge in [0, 0.05) is 17.7 Å². The van der Waals surface area contributed by atoms with Gasteiger partial charge in [0.25, 0.3) is 0 Å². The van der Waals surface area contributed by atoms with E-state index in [1.165, 1.54) is 12.1 Å². The van der Waals surface area contributed by atoms with Crippen LogP contribution in [0.2, 0.25) is 0 Å². The molecule has 2 N–H and O–H groups in total. The highest BCUT2D eigenvalue weighted by Gasteiger charge is 2.16. The lowest BCUT2D eigenvalue weighted by Crippen LogP contribution is -2.32. The fourth-order valence-electron chi connectivity index (χ4n) is 1.45. The molecule has 0 radical (unpaired) electrons. The molecule has 1 aromatic heterocycles. The van der Waals surface area contributed by atoms with E-state index in [9.17, 15) is 4.39 Å². The maximum Gasteiger partial charge on any atom is 0.491 e. The Morgan fingerprint density at radius 3 is 2.67 bits per heavy atom. The minimum Gasteiger partial charge on any atom is -0.487 e. The summed E-state index contributed by atoms with van der Waals surface area (Å²) in [4.78, 5) is 4.06. The normalized spacial score (nSPS) is 10.2. The van der Waals surface area contributed by atoms with Crippen molar-refractivity contribution in [2.75, 3.05) is 0 Å². The SMILES string of the molecule is OB(O)c1ccc(OCc2ccccn2)cc1F. The van der Waals surface area contributed by atoms with E-state index >= 15 is 0 Å². The number of nitrogens with zero attached hydrogens (tertiary/aromatic N) is 1. The quantitative estimate of drug-likeness (QED) is 0.771. The number of aromatic nitrogens is 1. The van der Waals surface area contributed by atoms with Crippen LogP contribution in [0.5, 0.6) is 5.75 Å². The summed E-state index contributed by atoms with van der Waals surface area (Å²) in [5, 5.41) is 17.7. The van der Waals surface area contributed by atoms with Crippen molar-refractivity contribution < 1.29 is 19.2 Å². The van der Waals surface area contributed by atoms with Crippen LogP contribution in [0.3, 0.4) is 0 Å². The highest BCUT2D eigenvalue weighted by Crippen LogP contribution is 2.12. The highest BCUT2D eigenvalue weighted by atomic mass is 19.1. The Kier molecular flexibility index (Phi) is 3.91. The van der Waals surface area contributed by atoms with Crippen molar-refractivity contribution >= 4 is 12.6 Å². The van der Waals surface area contributed by atoms with Crippen molar-refractivity contribution in [2.24, 2.45) is 0 Å². The summed E-state index contributed by atoms with van der Waals surface area (Å²) in [6.07, 6.45) is 1.64. The third-order valence-electron chi connectivity index (χ3n) is 2.36. The van der Waals surface area contributed by atoms with E-state index < -0.39 is 12.9 Å². The Bertz CT molecular complexity index is 522. The van der Waals surface area contributed by atoms with Gasteiger partial charge in [-0.15, -0.1) is 0 Å². The molecule has 6 heteroatoms. The Balaban J connectivity index is 2.05. The van der Waals surface area contributed by atoms with E-state index in [2.05, 4.69) is 4.98 Å². The van der Waals surface area contributed by atoms with Crippen molar-refractivity contribution in [1.82, 2.24) is 4.98 Å². The van der Waals surface area contributed by atoms with E-state index in [0.717, 1.165) is 11.8 Å². The van der Waals surface area contributed by atoms with Crippen LogP contribution >= 0.6 is 0 Å². The van der Waals surface area contributed by atoms with Crippen molar-refractivity contribution in [2.45, 2.75) is 6.61 Å². The fourth-order valence-corrected chi connectivity index (χ4v) is 1.45. The lowest BCUT2D eigenvalue weighted by Gasteiger charge is -2.07. The zero-order valence-electron chi connectivity index (χ0n) is 9.45. The molecule has 0 fully saturated rings. The maximum absolute atomic E-state index is 13.4. The molecule has 0 spiro atoms. The molecule has 0 bridgehead atoms. The maximum atomic E-state index is 13.4. The number of ether oxygens (including phenoxy) is 1. The van der Waals surface area contributed by atoms with E-state index in [4.69, 9.17) is 14.8 Å². The second-order valence-electron chi connectivity index (χ2n) is 3.67. The first-order chi connectivity index (χ1) is 8.66. The first kappa shape index (κ1) is 12.5. The van der Waals surface area contributed by atoms with Crippen molar-refractivity contribution in [3.8, 4) is 5.75 Å². The molecule has 0 atom stereocenters. The van der Waals surface area contributed by atoms with Gasteiger partial charge >= 0.3 is 7.12 Å². The lowest BCUT2D eigenvalue weighted by molar-refractivity contribution is 0.300. The second kappa shape index (κ2) is 5.62. The van der Waals surface area contributed by atoms with E-state index in [0.29, 0.717) is 5.75 Å². The predicted molar refractivity (Wildman–Crippen MR) is 64.8 cm³/mol. The minimum absolute atomic E-state index is 0.180. The number of hydrogen-bond donors (Lipinski definition) is 2. The number of benzene rings is 1. The minimum atomic E-state index is -1.82. The zero-order valence-corrected chi connectivity index (χ0v) is 9.45. The average Bonchev–Trinajstić information content (AvgIpc) is 2.37. The van der Waals surface area contributed by atoms with Gasteiger partial charge in [-0.3, -0.25) is 4.98 Å². The third-order valence-corrected chi connectivity index (χ3v) is 2.36. The largest absolute Gasteiger partial charge is 0.491 e. The molecule has 4 nitrogen and oxygen atoms in total. The lowest BCUT2D eigenvalue weighted by atomic mass is 9.80. The van der Waals surface area contributed by atoms with Crippen LogP contribution in [0.4, 0.5) is 4.39 Å². The van der Waals surface area contributed by atoms with Gasteiger partial charge in [0.1, 0.15) is 18.2 Å². The van der Waals surface area contributed by atoms with Gasteiger partial charge in [-0.2, -0.15) is 0 Å². The molecule has 0 aliphatic rings. The summed E-state index contributed by atoms with van der Waals surface area (Å²) in [5.41, 5.74) is 0.546. The molecule has 0 saturated carbocycles. The smallest absolute Gasteiger partial charge is 0.487 e. The summed E-state index contributed by atoms with van der Waals surface area (Å²) < 4.78 is 18.8. The molecule has 0 aliphatic carbocycles. The zero-order chi connectivity index (χ0) is 13.0. The Morgan fingerprint density at radius 2 is 2.06 bits per heavy atom. The van der Waals surface area contributed by atoms with E-state index in [1.54, 1.807) is 18.3 Å². The monoisotopic (exact) mass is 247 g/mol. The second-order valence-corrected chi connectivity index (χ2v) is 3.67. The highest BCUT2D eigenvalue weighted by molar-refractivity contribution is 6.58. The Morgan fingerprint density at radius 1 is 1.22 bits per heavy atom. The summed E-state index contributed by atoms with van der Waals surface area (Å²) in [7, 11) is -1.82. The standard InChI is InChI=1S/C12H11BFNO3/c14-12-7-10(4-5-11(12)13(16)17)18-8-9-3-1-2-6-15-9/h1-7,16-17H,8H2. The molecule has 18 heavy (non-hydrogen) atoms. The van der Waals surface area contributed by atoms with Crippen LogP contribution in [0.1, 0.15) is 5.69 Å². The molecular formula is C12H11BFNO3. The van der Waals surface area contributed by atoms with Gasteiger partial charge in [-0.05, 0) is 18.2 Å². The van der Waals surface area contributed by atoms with Crippen LogP contribution in [0.15, 0.2) is 42.6 Å². The predicted octanol–water partition coefficient (Wildman–Crippen LogP) is 0.479. The van der Waals surface area contributed by atoms with Gasteiger partial charge in [0.15, 0.2) is 0 Å². The van der Waals surface area contributed by atoms with Gasteiger partial charge in [0.05, 0.1) is 5.69 Å².